The standard InChI is InChI=1S/C22H16FN3S/c1-14-6-7-18-21(10-14)27-22(25-18)13-26-9-8-15-11-19(24-20(15)12-26)16-4-2-3-5-17(16)23/h2-12H,13H2,1H3. The average molecular weight is 373 g/mol. The molecule has 0 atom stereocenters. The van der Waals surface area contributed by atoms with Gasteiger partial charge in [0.15, 0.2) is 0 Å². The van der Waals surface area contributed by atoms with Gasteiger partial charge in [-0.05, 0) is 48.9 Å². The van der Waals surface area contributed by atoms with Crippen LogP contribution < -0.4 is 0 Å². The molecule has 3 heterocycles. The summed E-state index contributed by atoms with van der Waals surface area (Å²) in [5.74, 6) is -0.252. The quantitative estimate of drug-likeness (QED) is 0.402. The van der Waals surface area contributed by atoms with Crippen LogP contribution in [0.2, 0.25) is 0 Å². The number of fused-ring (bicyclic) bond motifs is 2. The molecule has 5 rings (SSSR count). The molecule has 0 saturated heterocycles. The number of hydrogen-bond donors (Lipinski definition) is 0. The zero-order valence-corrected chi connectivity index (χ0v) is 15.5. The van der Waals surface area contributed by atoms with Crippen molar-refractivity contribution in [2.45, 2.75) is 13.5 Å². The molecule has 0 saturated carbocycles. The van der Waals surface area contributed by atoms with Gasteiger partial charge in [0.25, 0.3) is 0 Å². The molecular weight excluding hydrogens is 357 g/mol. The predicted octanol–water partition coefficient (Wildman–Crippen LogP) is 5.76. The fourth-order valence-corrected chi connectivity index (χ4v) is 4.34. The van der Waals surface area contributed by atoms with Crippen molar-refractivity contribution in [3.05, 3.63) is 83.4 Å². The number of benzene rings is 2. The van der Waals surface area contributed by atoms with Crippen LogP contribution in [-0.2, 0) is 6.54 Å². The van der Waals surface area contributed by atoms with Crippen LogP contribution in [0.25, 0.3) is 32.7 Å². The number of thiazole rings is 1. The normalized spacial score (nSPS) is 11.5. The van der Waals surface area contributed by atoms with Crippen LogP contribution in [0.1, 0.15) is 10.6 Å². The van der Waals surface area contributed by atoms with Gasteiger partial charge in [-0.15, -0.1) is 11.3 Å². The summed E-state index contributed by atoms with van der Waals surface area (Å²) in [7, 11) is 0. The van der Waals surface area contributed by atoms with Gasteiger partial charge in [-0.2, -0.15) is 0 Å². The van der Waals surface area contributed by atoms with Gasteiger partial charge < -0.3 is 4.57 Å². The van der Waals surface area contributed by atoms with Crippen LogP contribution in [0.4, 0.5) is 4.39 Å². The zero-order valence-electron chi connectivity index (χ0n) is 14.7. The lowest BCUT2D eigenvalue weighted by Gasteiger charge is -2.06. The van der Waals surface area contributed by atoms with Crippen molar-refractivity contribution in [2.75, 3.05) is 0 Å². The van der Waals surface area contributed by atoms with E-state index in [2.05, 4.69) is 34.7 Å². The van der Waals surface area contributed by atoms with Crippen molar-refractivity contribution in [2.24, 2.45) is 0 Å². The van der Waals surface area contributed by atoms with E-state index in [-0.39, 0.29) is 5.82 Å². The largest absolute Gasteiger partial charge is 0.345 e. The number of rotatable bonds is 3. The summed E-state index contributed by atoms with van der Waals surface area (Å²) < 4.78 is 17.3. The maximum atomic E-state index is 14.0. The minimum Gasteiger partial charge on any atom is -0.345 e. The summed E-state index contributed by atoms with van der Waals surface area (Å²) in [6.07, 6.45) is 4.02. The molecule has 132 valence electrons. The molecule has 3 aromatic rings. The summed E-state index contributed by atoms with van der Waals surface area (Å²) in [5, 5.41) is 1.06. The molecule has 0 amide bonds. The third-order valence-electron chi connectivity index (χ3n) is 4.62. The molecule has 0 radical (unpaired) electrons. The maximum Gasteiger partial charge on any atom is 0.132 e. The second-order valence-corrected chi connectivity index (χ2v) is 7.77. The number of halogens is 1. The Morgan fingerprint density at radius 2 is 1.89 bits per heavy atom. The Kier molecular flexibility index (Phi) is 3.76. The first-order chi connectivity index (χ1) is 13.2. The summed E-state index contributed by atoms with van der Waals surface area (Å²) in [4.78, 5) is 9.34. The molecule has 0 unspecified atom stereocenters. The maximum absolute atomic E-state index is 14.0. The van der Waals surface area contributed by atoms with E-state index >= 15 is 0 Å². The molecule has 0 N–H and O–H groups in total. The molecule has 27 heavy (non-hydrogen) atoms. The van der Waals surface area contributed by atoms with Crippen molar-refractivity contribution < 1.29 is 4.39 Å². The van der Waals surface area contributed by atoms with E-state index in [0.717, 1.165) is 21.8 Å². The Labute approximate surface area is 160 Å². The van der Waals surface area contributed by atoms with Gasteiger partial charge in [0.05, 0.1) is 28.1 Å². The second-order valence-electron chi connectivity index (χ2n) is 6.66. The first-order valence-electron chi connectivity index (χ1n) is 8.73. The van der Waals surface area contributed by atoms with E-state index in [0.29, 0.717) is 17.8 Å². The molecule has 3 nitrogen and oxygen atoms in total. The average Bonchev–Trinajstić information content (AvgIpc) is 3.24. The third kappa shape index (κ3) is 3.00. The summed E-state index contributed by atoms with van der Waals surface area (Å²) >= 11 is 1.71. The Morgan fingerprint density at radius 1 is 1.00 bits per heavy atom. The van der Waals surface area contributed by atoms with Crippen molar-refractivity contribution in [1.82, 2.24) is 14.5 Å². The van der Waals surface area contributed by atoms with E-state index in [1.165, 1.54) is 16.3 Å². The lowest BCUT2D eigenvalue weighted by Crippen LogP contribution is -2.00. The van der Waals surface area contributed by atoms with Gasteiger partial charge >= 0.3 is 0 Å². The van der Waals surface area contributed by atoms with E-state index < -0.39 is 0 Å². The fraction of sp³-hybridized carbons (Fsp3) is 0.0909. The van der Waals surface area contributed by atoms with Crippen LogP contribution in [0, 0.1) is 12.7 Å². The highest BCUT2D eigenvalue weighted by molar-refractivity contribution is 7.18. The Morgan fingerprint density at radius 3 is 2.78 bits per heavy atom. The summed E-state index contributed by atoms with van der Waals surface area (Å²) in [5.41, 5.74) is 5.33. The highest BCUT2D eigenvalue weighted by Gasteiger charge is 2.14. The van der Waals surface area contributed by atoms with Crippen LogP contribution in [0.5, 0.6) is 0 Å². The van der Waals surface area contributed by atoms with Crippen LogP contribution >= 0.6 is 11.3 Å². The van der Waals surface area contributed by atoms with Crippen molar-refractivity contribution in [3.63, 3.8) is 0 Å². The molecule has 1 aromatic heterocycles. The second kappa shape index (κ2) is 6.28. The van der Waals surface area contributed by atoms with Gasteiger partial charge in [0.2, 0.25) is 0 Å². The summed E-state index contributed by atoms with van der Waals surface area (Å²) in [6, 6.07) is 17.0. The van der Waals surface area contributed by atoms with Gasteiger partial charge in [-0.25, -0.2) is 14.4 Å². The van der Waals surface area contributed by atoms with E-state index in [1.54, 1.807) is 23.5 Å². The number of nitrogens with zero attached hydrogens (tertiary/aromatic N) is 3. The smallest absolute Gasteiger partial charge is 0.132 e. The number of aryl methyl sites for hydroxylation is 1. The predicted molar refractivity (Wildman–Crippen MR) is 108 cm³/mol. The Hall–Kier alpha value is -3.05. The van der Waals surface area contributed by atoms with Crippen LogP contribution in [-0.4, -0.2) is 14.5 Å². The third-order valence-corrected chi connectivity index (χ3v) is 5.62. The topological polar surface area (TPSA) is 30.7 Å². The lowest BCUT2D eigenvalue weighted by molar-refractivity contribution is 0.631. The van der Waals surface area contributed by atoms with Gasteiger partial charge in [0.1, 0.15) is 10.8 Å². The van der Waals surface area contributed by atoms with Crippen molar-refractivity contribution in [3.8, 4) is 22.5 Å². The molecule has 0 bridgehead atoms. The monoisotopic (exact) mass is 373 g/mol. The van der Waals surface area contributed by atoms with E-state index in [1.807, 2.05) is 30.6 Å². The minimum absolute atomic E-state index is 0.252. The zero-order chi connectivity index (χ0) is 18.4. The van der Waals surface area contributed by atoms with Gasteiger partial charge in [-0.3, -0.25) is 0 Å². The SMILES string of the molecule is Cc1ccc2nc(Cn3ccc4cc(-c5ccccc5F)nc-4c3)sc2c1. The lowest BCUT2D eigenvalue weighted by atomic mass is 10.1. The van der Waals surface area contributed by atoms with Crippen LogP contribution in [0.3, 0.4) is 0 Å². The molecule has 5 heteroatoms. The molecule has 2 aliphatic rings. The Bertz CT molecular complexity index is 1240. The molecular formula is C22H16FN3S. The molecule has 2 aromatic carbocycles. The number of hydrogen-bond acceptors (Lipinski definition) is 3. The summed E-state index contributed by atoms with van der Waals surface area (Å²) in [6.45, 7) is 2.78. The minimum atomic E-state index is -0.252. The van der Waals surface area contributed by atoms with Crippen molar-refractivity contribution >= 4 is 21.6 Å². The van der Waals surface area contributed by atoms with Crippen molar-refractivity contribution in [1.29, 1.82) is 0 Å². The molecule has 2 aliphatic heterocycles. The van der Waals surface area contributed by atoms with Gasteiger partial charge in [0, 0.05) is 23.5 Å². The highest BCUT2D eigenvalue weighted by atomic mass is 32.1. The van der Waals surface area contributed by atoms with Crippen LogP contribution in [0.15, 0.2) is 67.0 Å². The van der Waals surface area contributed by atoms with Gasteiger partial charge in [-0.1, -0.05) is 18.2 Å². The first kappa shape index (κ1) is 16.1. The fourth-order valence-electron chi connectivity index (χ4n) is 3.27. The Balaban J connectivity index is 1.49. The number of aromatic nitrogens is 3. The van der Waals surface area contributed by atoms with E-state index in [4.69, 9.17) is 4.98 Å². The highest BCUT2D eigenvalue weighted by Crippen LogP contribution is 2.30. The molecule has 0 aliphatic carbocycles. The molecule has 0 fully saturated rings. The number of pyridine rings is 1. The van der Waals surface area contributed by atoms with E-state index in [9.17, 15) is 4.39 Å². The first-order valence-corrected chi connectivity index (χ1v) is 9.55. The molecule has 0 spiro atoms.